The standard InChI is InChI=1S/C25H28N4O4/c1-3-25(20-7-5-4-6-8-20)23(32)29(24(33)26-25)17-22(31)28-15-13-27(14-16-28)21-11-9-19(10-12-21)18(2)30/h4-12H,3,13-17H2,1-2H3,(H,26,33). The van der Waals surface area contributed by atoms with Crippen LogP contribution in [0.25, 0.3) is 0 Å². The minimum Gasteiger partial charge on any atom is -0.368 e. The minimum atomic E-state index is -1.14. The first-order valence-electron chi connectivity index (χ1n) is 11.2. The number of carbonyl (C=O) groups is 4. The van der Waals surface area contributed by atoms with Gasteiger partial charge in [-0.1, -0.05) is 37.3 Å². The number of imide groups is 1. The first-order valence-corrected chi connectivity index (χ1v) is 11.2. The van der Waals surface area contributed by atoms with Gasteiger partial charge in [0.25, 0.3) is 5.91 Å². The fourth-order valence-electron chi connectivity index (χ4n) is 4.49. The van der Waals surface area contributed by atoms with Gasteiger partial charge in [0.15, 0.2) is 5.78 Å². The first kappa shape index (κ1) is 22.5. The highest BCUT2D eigenvalue weighted by Crippen LogP contribution is 2.32. The number of rotatable bonds is 6. The van der Waals surface area contributed by atoms with E-state index in [4.69, 9.17) is 0 Å². The van der Waals surface area contributed by atoms with Gasteiger partial charge in [0.1, 0.15) is 12.1 Å². The van der Waals surface area contributed by atoms with Crippen LogP contribution < -0.4 is 10.2 Å². The van der Waals surface area contributed by atoms with Crippen LogP contribution in [0.3, 0.4) is 0 Å². The number of nitrogens with zero attached hydrogens (tertiary/aromatic N) is 3. The molecule has 0 aliphatic carbocycles. The normalized spacial score (nSPS) is 20.7. The van der Waals surface area contributed by atoms with Gasteiger partial charge in [-0.25, -0.2) is 4.79 Å². The van der Waals surface area contributed by atoms with E-state index in [1.807, 2.05) is 49.4 Å². The predicted octanol–water partition coefficient (Wildman–Crippen LogP) is 2.40. The summed E-state index contributed by atoms with van der Waals surface area (Å²) in [6.07, 6.45) is 0.396. The molecule has 1 unspecified atom stereocenters. The summed E-state index contributed by atoms with van der Waals surface area (Å²) in [6.45, 7) is 5.37. The van der Waals surface area contributed by atoms with Crippen LogP contribution in [-0.2, 0) is 15.1 Å². The molecule has 2 heterocycles. The number of hydrogen-bond acceptors (Lipinski definition) is 5. The third-order valence-electron chi connectivity index (χ3n) is 6.54. The smallest absolute Gasteiger partial charge is 0.325 e. The summed E-state index contributed by atoms with van der Waals surface area (Å²) in [5.74, 6) is -0.611. The Balaban J connectivity index is 1.38. The number of carbonyl (C=O) groups excluding carboxylic acids is 4. The molecule has 2 fully saturated rings. The Morgan fingerprint density at radius 1 is 0.939 bits per heavy atom. The molecule has 2 aliphatic heterocycles. The fourth-order valence-corrected chi connectivity index (χ4v) is 4.49. The predicted molar refractivity (Wildman–Crippen MR) is 124 cm³/mol. The van der Waals surface area contributed by atoms with Crippen molar-refractivity contribution in [1.82, 2.24) is 15.1 Å². The van der Waals surface area contributed by atoms with Crippen molar-refractivity contribution in [2.45, 2.75) is 25.8 Å². The van der Waals surface area contributed by atoms with E-state index < -0.39 is 17.5 Å². The van der Waals surface area contributed by atoms with Crippen molar-refractivity contribution in [3.8, 4) is 0 Å². The number of anilines is 1. The van der Waals surface area contributed by atoms with Gasteiger partial charge in [0.05, 0.1) is 0 Å². The van der Waals surface area contributed by atoms with Crippen molar-refractivity contribution in [3.05, 3.63) is 65.7 Å². The van der Waals surface area contributed by atoms with E-state index in [0.29, 0.717) is 43.7 Å². The number of ketones is 1. The number of amides is 4. The highest BCUT2D eigenvalue weighted by atomic mass is 16.2. The highest BCUT2D eigenvalue weighted by Gasteiger charge is 2.51. The van der Waals surface area contributed by atoms with Gasteiger partial charge in [-0.15, -0.1) is 0 Å². The summed E-state index contributed by atoms with van der Waals surface area (Å²) in [6, 6.07) is 16.0. The van der Waals surface area contributed by atoms with Crippen LogP contribution in [-0.4, -0.2) is 66.2 Å². The molecule has 4 rings (SSSR count). The quantitative estimate of drug-likeness (QED) is 0.541. The van der Waals surface area contributed by atoms with Gasteiger partial charge in [-0.2, -0.15) is 0 Å². The van der Waals surface area contributed by atoms with E-state index >= 15 is 0 Å². The first-order chi connectivity index (χ1) is 15.9. The minimum absolute atomic E-state index is 0.0248. The maximum atomic E-state index is 13.2. The van der Waals surface area contributed by atoms with E-state index in [9.17, 15) is 19.2 Å². The number of hydrogen-bond donors (Lipinski definition) is 1. The lowest BCUT2D eigenvalue weighted by Gasteiger charge is -2.36. The Morgan fingerprint density at radius 3 is 2.15 bits per heavy atom. The Hall–Kier alpha value is -3.68. The summed E-state index contributed by atoms with van der Waals surface area (Å²) in [5.41, 5.74) is 1.24. The second-order valence-corrected chi connectivity index (χ2v) is 8.42. The molecule has 8 nitrogen and oxygen atoms in total. The molecule has 2 aromatic carbocycles. The van der Waals surface area contributed by atoms with Gasteiger partial charge in [0.2, 0.25) is 5.91 Å². The van der Waals surface area contributed by atoms with Crippen LogP contribution in [0.1, 0.15) is 36.2 Å². The van der Waals surface area contributed by atoms with Crippen LogP contribution in [0.15, 0.2) is 54.6 Å². The lowest BCUT2D eigenvalue weighted by atomic mass is 9.87. The van der Waals surface area contributed by atoms with Crippen LogP contribution in [0, 0.1) is 0 Å². The van der Waals surface area contributed by atoms with E-state index in [1.165, 1.54) is 6.92 Å². The Morgan fingerprint density at radius 2 is 1.58 bits per heavy atom. The van der Waals surface area contributed by atoms with Gasteiger partial charge >= 0.3 is 6.03 Å². The molecule has 2 aliphatic rings. The van der Waals surface area contributed by atoms with Crippen molar-refractivity contribution < 1.29 is 19.2 Å². The maximum absolute atomic E-state index is 13.2. The van der Waals surface area contributed by atoms with Gasteiger partial charge in [-0.3, -0.25) is 19.3 Å². The van der Waals surface area contributed by atoms with E-state index in [2.05, 4.69) is 10.2 Å². The van der Waals surface area contributed by atoms with Crippen LogP contribution >= 0.6 is 0 Å². The second-order valence-electron chi connectivity index (χ2n) is 8.42. The zero-order valence-corrected chi connectivity index (χ0v) is 18.9. The van der Waals surface area contributed by atoms with E-state index in [-0.39, 0.29) is 18.2 Å². The molecule has 1 atom stereocenters. The summed E-state index contributed by atoms with van der Waals surface area (Å²) in [5, 5.41) is 2.82. The average molecular weight is 449 g/mol. The van der Waals surface area contributed by atoms with Crippen LogP contribution in [0.4, 0.5) is 10.5 Å². The lowest BCUT2D eigenvalue weighted by Crippen LogP contribution is -2.52. The third kappa shape index (κ3) is 4.20. The number of Topliss-reactive ketones (excluding diaryl/α,β-unsaturated/α-hetero) is 1. The van der Waals surface area contributed by atoms with Crippen molar-refractivity contribution >= 4 is 29.3 Å². The van der Waals surface area contributed by atoms with Crippen molar-refractivity contribution in [1.29, 1.82) is 0 Å². The topological polar surface area (TPSA) is 90.0 Å². The number of benzene rings is 2. The molecular weight excluding hydrogens is 420 g/mol. The second kappa shape index (κ2) is 9.05. The van der Waals surface area contributed by atoms with Gasteiger partial charge in [-0.05, 0) is 43.2 Å². The lowest BCUT2D eigenvalue weighted by molar-refractivity contribution is -0.139. The molecule has 0 aromatic heterocycles. The van der Waals surface area contributed by atoms with Crippen molar-refractivity contribution in [2.75, 3.05) is 37.6 Å². The molecule has 2 saturated heterocycles. The summed E-state index contributed by atoms with van der Waals surface area (Å²) >= 11 is 0. The maximum Gasteiger partial charge on any atom is 0.325 e. The molecule has 0 bridgehead atoms. The zero-order chi connectivity index (χ0) is 23.6. The molecule has 0 radical (unpaired) electrons. The molecule has 33 heavy (non-hydrogen) atoms. The van der Waals surface area contributed by atoms with Gasteiger partial charge in [0, 0.05) is 37.4 Å². The summed E-state index contributed by atoms with van der Waals surface area (Å²) in [7, 11) is 0. The number of urea groups is 1. The van der Waals surface area contributed by atoms with E-state index in [1.54, 1.807) is 17.0 Å². The Labute approximate surface area is 193 Å². The Kier molecular flexibility index (Phi) is 6.18. The Bertz CT molecular complexity index is 1060. The molecule has 2 aromatic rings. The number of piperazine rings is 1. The molecule has 1 N–H and O–H groups in total. The van der Waals surface area contributed by atoms with Crippen molar-refractivity contribution in [3.63, 3.8) is 0 Å². The van der Waals surface area contributed by atoms with Crippen LogP contribution in [0.5, 0.6) is 0 Å². The zero-order valence-electron chi connectivity index (χ0n) is 18.9. The summed E-state index contributed by atoms with van der Waals surface area (Å²) < 4.78 is 0. The third-order valence-corrected chi connectivity index (χ3v) is 6.54. The number of nitrogens with one attached hydrogen (secondary N) is 1. The largest absolute Gasteiger partial charge is 0.368 e. The SMILES string of the molecule is CCC1(c2ccccc2)NC(=O)N(CC(=O)N2CCN(c3ccc(C(C)=O)cc3)CC2)C1=O. The van der Waals surface area contributed by atoms with Gasteiger partial charge < -0.3 is 15.1 Å². The fraction of sp³-hybridized carbons (Fsp3) is 0.360. The average Bonchev–Trinajstić information content (AvgIpc) is 3.10. The molecule has 172 valence electrons. The molecule has 8 heteroatoms. The molecule has 4 amide bonds. The molecule has 0 spiro atoms. The van der Waals surface area contributed by atoms with Crippen LogP contribution in [0.2, 0.25) is 0 Å². The molecular formula is C25H28N4O4. The highest BCUT2D eigenvalue weighted by molar-refractivity contribution is 6.09. The van der Waals surface area contributed by atoms with Crippen molar-refractivity contribution in [2.24, 2.45) is 0 Å². The molecule has 0 saturated carbocycles. The summed E-state index contributed by atoms with van der Waals surface area (Å²) in [4.78, 5) is 55.2. The monoisotopic (exact) mass is 448 g/mol. The van der Waals surface area contributed by atoms with E-state index in [0.717, 1.165) is 10.6 Å².